The van der Waals surface area contributed by atoms with Gasteiger partial charge >= 0.3 is 5.92 Å². The molecule has 1 aliphatic carbocycles. The fourth-order valence-corrected chi connectivity index (χ4v) is 2.73. The second-order valence-corrected chi connectivity index (χ2v) is 5.43. The number of halogens is 7. The van der Waals surface area contributed by atoms with E-state index in [9.17, 15) is 35.8 Å². The van der Waals surface area contributed by atoms with Crippen molar-refractivity contribution in [3.63, 3.8) is 0 Å². The number of benzene rings is 2. The molecule has 0 amide bonds. The highest BCUT2D eigenvalue weighted by atomic mass is 19.3. The van der Waals surface area contributed by atoms with E-state index in [2.05, 4.69) is 0 Å². The average molecular weight is 366 g/mol. The third-order valence-corrected chi connectivity index (χ3v) is 3.81. The predicted octanol–water partition coefficient (Wildman–Crippen LogP) is 5.39. The van der Waals surface area contributed by atoms with Gasteiger partial charge in [-0.15, -0.1) is 0 Å². The molecular formula is C16H9F7O2. The summed E-state index contributed by atoms with van der Waals surface area (Å²) in [6.07, 6.45) is -9.16. The summed E-state index contributed by atoms with van der Waals surface area (Å²) in [5.74, 6) is -7.61. The van der Waals surface area contributed by atoms with E-state index in [0.717, 1.165) is 12.1 Å². The molecular weight excluding hydrogens is 357 g/mol. The number of hydrogen-bond donors (Lipinski definition) is 1. The van der Waals surface area contributed by atoms with Crippen molar-refractivity contribution in [3.05, 3.63) is 58.7 Å². The van der Waals surface area contributed by atoms with Crippen LogP contribution in [-0.2, 0) is 0 Å². The Bertz CT molecular complexity index is 802. The summed E-state index contributed by atoms with van der Waals surface area (Å²) in [4.78, 5) is 0. The molecule has 0 aliphatic heterocycles. The van der Waals surface area contributed by atoms with Crippen molar-refractivity contribution in [3.8, 4) is 11.5 Å². The summed E-state index contributed by atoms with van der Waals surface area (Å²) in [5.41, 5.74) is -2.93. The van der Waals surface area contributed by atoms with Crippen molar-refractivity contribution in [2.24, 2.45) is 0 Å². The lowest BCUT2D eigenvalue weighted by Crippen LogP contribution is -2.24. The van der Waals surface area contributed by atoms with E-state index >= 15 is 0 Å². The number of alkyl halides is 5. The molecule has 9 heteroatoms. The minimum Gasteiger partial charge on any atom is -0.457 e. The molecule has 0 spiro atoms. The molecule has 2 nitrogen and oxygen atoms in total. The Hall–Kier alpha value is -2.29. The Morgan fingerprint density at radius 3 is 2.20 bits per heavy atom. The van der Waals surface area contributed by atoms with E-state index in [1.54, 1.807) is 0 Å². The van der Waals surface area contributed by atoms with Gasteiger partial charge in [-0.25, -0.2) is 22.0 Å². The van der Waals surface area contributed by atoms with E-state index in [4.69, 9.17) is 4.74 Å². The second-order valence-electron chi connectivity index (χ2n) is 5.43. The van der Waals surface area contributed by atoms with Gasteiger partial charge in [-0.3, -0.25) is 0 Å². The van der Waals surface area contributed by atoms with Crippen molar-refractivity contribution in [1.29, 1.82) is 0 Å². The fraction of sp³-hybridized carbons (Fsp3) is 0.250. The Morgan fingerprint density at radius 2 is 1.64 bits per heavy atom. The summed E-state index contributed by atoms with van der Waals surface area (Å²) in [6.45, 7) is 0. The second kappa shape index (κ2) is 5.91. The van der Waals surface area contributed by atoms with Crippen LogP contribution in [0.15, 0.2) is 30.3 Å². The van der Waals surface area contributed by atoms with Crippen molar-refractivity contribution in [2.75, 3.05) is 0 Å². The van der Waals surface area contributed by atoms with Crippen LogP contribution in [0.1, 0.15) is 35.4 Å². The number of hydrogen-bond acceptors (Lipinski definition) is 2. The predicted molar refractivity (Wildman–Crippen MR) is 71.6 cm³/mol. The smallest absolute Gasteiger partial charge is 0.312 e. The summed E-state index contributed by atoms with van der Waals surface area (Å²) < 4.78 is 99.1. The highest BCUT2D eigenvalue weighted by Crippen LogP contribution is 2.56. The zero-order valence-electron chi connectivity index (χ0n) is 12.1. The third-order valence-electron chi connectivity index (χ3n) is 3.81. The monoisotopic (exact) mass is 366 g/mol. The Morgan fingerprint density at radius 1 is 1.04 bits per heavy atom. The van der Waals surface area contributed by atoms with Gasteiger partial charge in [-0.2, -0.15) is 8.78 Å². The number of ether oxygens (including phenoxy) is 1. The molecule has 0 saturated carbocycles. The van der Waals surface area contributed by atoms with E-state index in [-0.39, 0.29) is 0 Å². The van der Waals surface area contributed by atoms with Crippen LogP contribution >= 0.6 is 0 Å². The summed E-state index contributed by atoms with van der Waals surface area (Å²) in [5, 5.41) is 9.59. The van der Waals surface area contributed by atoms with Gasteiger partial charge in [0.1, 0.15) is 29.2 Å². The molecule has 2 aromatic carbocycles. The van der Waals surface area contributed by atoms with Crippen LogP contribution in [0.2, 0.25) is 0 Å². The van der Waals surface area contributed by atoms with Crippen molar-refractivity contribution in [1.82, 2.24) is 0 Å². The van der Waals surface area contributed by atoms with Crippen LogP contribution in [0.5, 0.6) is 11.5 Å². The molecule has 3 rings (SSSR count). The van der Waals surface area contributed by atoms with Crippen molar-refractivity contribution < 1.29 is 40.6 Å². The summed E-state index contributed by atoms with van der Waals surface area (Å²) >= 11 is 0. The quantitative estimate of drug-likeness (QED) is 0.739. The SMILES string of the molecule is OC1c2c(ccc(Oc3cc(F)cc(F)c3)c2C(F)F)C(F)C1(F)F. The third kappa shape index (κ3) is 2.82. The molecule has 0 aromatic heterocycles. The number of aliphatic hydroxyl groups is 1. The van der Waals surface area contributed by atoms with Crippen LogP contribution in [-0.4, -0.2) is 11.0 Å². The molecule has 0 radical (unpaired) electrons. The molecule has 1 aliphatic rings. The maximum absolute atomic E-state index is 13.8. The molecule has 2 aromatic rings. The van der Waals surface area contributed by atoms with E-state index < -0.39 is 64.4 Å². The lowest BCUT2D eigenvalue weighted by molar-refractivity contribution is -0.143. The first-order valence-electron chi connectivity index (χ1n) is 6.91. The van der Waals surface area contributed by atoms with Crippen molar-refractivity contribution >= 4 is 0 Å². The number of aliphatic hydroxyl groups excluding tert-OH is 1. The van der Waals surface area contributed by atoms with Gasteiger partial charge in [-0.05, 0) is 11.6 Å². The Labute approximate surface area is 136 Å². The maximum atomic E-state index is 13.8. The zero-order chi connectivity index (χ0) is 18.5. The van der Waals surface area contributed by atoms with Crippen LogP contribution in [0.25, 0.3) is 0 Å². The number of fused-ring (bicyclic) bond motifs is 1. The lowest BCUT2D eigenvalue weighted by atomic mass is 10.0. The molecule has 0 fully saturated rings. The molecule has 2 unspecified atom stereocenters. The summed E-state index contributed by atoms with van der Waals surface area (Å²) in [7, 11) is 0. The molecule has 134 valence electrons. The normalized spacial score (nSPS) is 21.5. The van der Waals surface area contributed by atoms with Crippen LogP contribution in [0.4, 0.5) is 30.7 Å². The lowest BCUT2D eigenvalue weighted by Gasteiger charge is -2.18. The van der Waals surface area contributed by atoms with Crippen molar-refractivity contribution in [2.45, 2.75) is 24.6 Å². The van der Waals surface area contributed by atoms with E-state index in [1.807, 2.05) is 0 Å². The highest BCUT2D eigenvalue weighted by molar-refractivity contribution is 5.53. The van der Waals surface area contributed by atoms with E-state index in [1.165, 1.54) is 0 Å². The minimum absolute atomic E-state index is 0.504. The van der Waals surface area contributed by atoms with Crippen LogP contribution in [0, 0.1) is 11.6 Å². The van der Waals surface area contributed by atoms with Gasteiger partial charge in [0.25, 0.3) is 6.43 Å². The zero-order valence-corrected chi connectivity index (χ0v) is 12.1. The average Bonchev–Trinajstić information content (AvgIpc) is 2.67. The van der Waals surface area contributed by atoms with Gasteiger partial charge < -0.3 is 9.84 Å². The van der Waals surface area contributed by atoms with Gasteiger partial charge in [-0.1, -0.05) is 6.07 Å². The maximum Gasteiger partial charge on any atom is 0.312 e. The fourth-order valence-electron chi connectivity index (χ4n) is 2.73. The molecule has 0 saturated heterocycles. The summed E-state index contributed by atoms with van der Waals surface area (Å²) in [6, 6.07) is 3.44. The standard InChI is InChI=1S/C16H9F7O2/c17-6-3-7(18)5-8(4-6)25-10-2-1-9-11(12(10)15(20)21)14(24)16(22,23)13(9)19/h1-5,13-15,24H. The van der Waals surface area contributed by atoms with Crippen LogP contribution < -0.4 is 4.74 Å². The van der Waals surface area contributed by atoms with E-state index in [0.29, 0.717) is 18.2 Å². The van der Waals surface area contributed by atoms with Gasteiger partial charge in [0.2, 0.25) is 0 Å². The number of rotatable bonds is 3. The van der Waals surface area contributed by atoms with Gasteiger partial charge in [0.15, 0.2) is 6.17 Å². The molecule has 0 heterocycles. The first-order chi connectivity index (χ1) is 11.6. The molecule has 0 bridgehead atoms. The molecule has 25 heavy (non-hydrogen) atoms. The van der Waals surface area contributed by atoms with Crippen LogP contribution in [0.3, 0.4) is 0 Å². The van der Waals surface area contributed by atoms with Gasteiger partial charge in [0.05, 0.1) is 5.56 Å². The van der Waals surface area contributed by atoms with Gasteiger partial charge in [0, 0.05) is 23.8 Å². The molecule has 2 atom stereocenters. The topological polar surface area (TPSA) is 29.5 Å². The molecule has 1 N–H and O–H groups in total. The Kier molecular flexibility index (Phi) is 4.14. The largest absolute Gasteiger partial charge is 0.457 e. The highest BCUT2D eigenvalue weighted by Gasteiger charge is 2.57. The Balaban J connectivity index is 2.12. The minimum atomic E-state index is -4.28. The first-order valence-corrected chi connectivity index (χ1v) is 6.91. The first kappa shape index (κ1) is 17.5.